The Morgan fingerprint density at radius 2 is 1.62 bits per heavy atom. The molecule has 1 aliphatic carbocycles. The third-order valence-corrected chi connectivity index (χ3v) is 5.64. The lowest BCUT2D eigenvalue weighted by atomic mass is 9.85. The molecule has 0 N–H and O–H groups in total. The van der Waals surface area contributed by atoms with Crippen LogP contribution in [0.5, 0.6) is 5.75 Å². The molecule has 2 heterocycles. The Balaban J connectivity index is 1.34. The number of amides is 3. The van der Waals surface area contributed by atoms with Crippen molar-refractivity contribution in [3.63, 3.8) is 0 Å². The molecule has 0 saturated carbocycles. The van der Waals surface area contributed by atoms with Crippen LogP contribution in [0.1, 0.15) is 18.4 Å². The van der Waals surface area contributed by atoms with Crippen molar-refractivity contribution in [3.8, 4) is 5.75 Å². The van der Waals surface area contributed by atoms with Gasteiger partial charge in [0.1, 0.15) is 5.75 Å². The van der Waals surface area contributed by atoms with E-state index in [2.05, 4.69) is 0 Å². The van der Waals surface area contributed by atoms with E-state index >= 15 is 0 Å². The molecule has 1 aromatic rings. The second-order valence-corrected chi connectivity index (χ2v) is 7.18. The summed E-state index contributed by atoms with van der Waals surface area (Å²) in [5.41, 5.74) is 0.921. The Morgan fingerprint density at radius 1 is 1.04 bits per heavy atom. The molecule has 3 aliphatic rings. The lowest BCUT2D eigenvalue weighted by Crippen LogP contribution is -2.62. The standard InChI is InChI=1S/C20H22N2O4/c1-26-15-8-6-13(7-9-15)10-18(23)21-11-14(12-21)22-19(24)16-4-2-3-5-17(16)20(22)25/h2-3,6-9,14,16-17H,4-5,10-12H2,1H3. The minimum absolute atomic E-state index is 0.0181. The Morgan fingerprint density at radius 3 is 2.15 bits per heavy atom. The fraction of sp³-hybridized carbons (Fsp3) is 0.450. The van der Waals surface area contributed by atoms with E-state index in [1.54, 1.807) is 12.0 Å². The molecule has 6 nitrogen and oxygen atoms in total. The highest BCUT2D eigenvalue weighted by Gasteiger charge is 2.52. The summed E-state index contributed by atoms with van der Waals surface area (Å²) in [4.78, 5) is 40.7. The van der Waals surface area contributed by atoms with Gasteiger partial charge in [0.15, 0.2) is 0 Å². The SMILES string of the molecule is COc1ccc(CC(=O)N2CC(N3C(=O)C4CC=CCC4C3=O)C2)cc1. The molecule has 2 atom stereocenters. The smallest absolute Gasteiger partial charge is 0.233 e. The van der Waals surface area contributed by atoms with Crippen LogP contribution in [0, 0.1) is 11.8 Å². The zero-order chi connectivity index (χ0) is 18.3. The van der Waals surface area contributed by atoms with Crippen LogP contribution >= 0.6 is 0 Å². The maximum absolute atomic E-state index is 12.6. The highest BCUT2D eigenvalue weighted by Crippen LogP contribution is 2.37. The van der Waals surface area contributed by atoms with Gasteiger partial charge in [-0.3, -0.25) is 19.3 Å². The second-order valence-electron chi connectivity index (χ2n) is 7.18. The summed E-state index contributed by atoms with van der Waals surface area (Å²) in [7, 11) is 1.60. The van der Waals surface area contributed by atoms with E-state index < -0.39 is 0 Å². The largest absolute Gasteiger partial charge is 0.497 e. The van der Waals surface area contributed by atoms with Crippen molar-refractivity contribution >= 4 is 17.7 Å². The van der Waals surface area contributed by atoms with Gasteiger partial charge in [-0.05, 0) is 30.5 Å². The van der Waals surface area contributed by atoms with Gasteiger partial charge in [0.2, 0.25) is 17.7 Å². The van der Waals surface area contributed by atoms with E-state index in [1.807, 2.05) is 36.4 Å². The monoisotopic (exact) mass is 354 g/mol. The zero-order valence-corrected chi connectivity index (χ0v) is 14.8. The van der Waals surface area contributed by atoms with Gasteiger partial charge in [-0.2, -0.15) is 0 Å². The summed E-state index contributed by atoms with van der Waals surface area (Å²) in [6, 6.07) is 7.25. The number of rotatable bonds is 4. The quantitative estimate of drug-likeness (QED) is 0.606. The number of likely N-dealkylation sites (tertiary alicyclic amines) is 2. The van der Waals surface area contributed by atoms with Crippen molar-refractivity contribution in [3.05, 3.63) is 42.0 Å². The van der Waals surface area contributed by atoms with Crippen LogP contribution in [-0.4, -0.2) is 53.8 Å². The first-order valence-corrected chi connectivity index (χ1v) is 9.01. The van der Waals surface area contributed by atoms with E-state index in [-0.39, 0.29) is 35.6 Å². The molecule has 26 heavy (non-hydrogen) atoms. The number of carbonyl (C=O) groups excluding carboxylic acids is 3. The predicted molar refractivity (Wildman–Crippen MR) is 94.3 cm³/mol. The van der Waals surface area contributed by atoms with E-state index in [0.717, 1.165) is 11.3 Å². The lowest BCUT2D eigenvalue weighted by molar-refractivity contribution is -0.152. The Hall–Kier alpha value is -2.63. The molecular formula is C20H22N2O4. The van der Waals surface area contributed by atoms with Crippen molar-refractivity contribution < 1.29 is 19.1 Å². The van der Waals surface area contributed by atoms with Gasteiger partial charge in [0.25, 0.3) is 0 Å². The number of nitrogens with zero attached hydrogens (tertiary/aromatic N) is 2. The number of ether oxygens (including phenoxy) is 1. The normalized spacial score (nSPS) is 25.3. The number of fused-ring (bicyclic) bond motifs is 1. The molecule has 0 aromatic heterocycles. The molecule has 0 bridgehead atoms. The molecule has 2 saturated heterocycles. The van der Waals surface area contributed by atoms with Crippen molar-refractivity contribution in [2.75, 3.05) is 20.2 Å². The minimum atomic E-state index is -0.198. The van der Waals surface area contributed by atoms with Gasteiger partial charge in [-0.15, -0.1) is 0 Å². The van der Waals surface area contributed by atoms with Gasteiger partial charge in [0, 0.05) is 13.1 Å². The van der Waals surface area contributed by atoms with Gasteiger partial charge in [0.05, 0.1) is 31.4 Å². The Kier molecular flexibility index (Phi) is 4.26. The third kappa shape index (κ3) is 2.79. The van der Waals surface area contributed by atoms with Crippen molar-refractivity contribution in [1.29, 1.82) is 0 Å². The van der Waals surface area contributed by atoms with Crippen molar-refractivity contribution in [1.82, 2.24) is 9.80 Å². The summed E-state index contributed by atoms with van der Waals surface area (Å²) in [6.45, 7) is 0.888. The van der Waals surface area contributed by atoms with E-state index in [4.69, 9.17) is 4.74 Å². The van der Waals surface area contributed by atoms with Crippen molar-refractivity contribution in [2.45, 2.75) is 25.3 Å². The van der Waals surface area contributed by atoms with Crippen LogP contribution in [0.2, 0.25) is 0 Å². The summed E-state index contributed by atoms with van der Waals surface area (Å²) in [5.74, 6) is 0.262. The second kappa shape index (κ2) is 6.59. The fourth-order valence-corrected chi connectivity index (χ4v) is 4.04. The summed E-state index contributed by atoms with van der Waals surface area (Å²) < 4.78 is 5.12. The molecule has 0 radical (unpaired) electrons. The minimum Gasteiger partial charge on any atom is -0.497 e. The maximum atomic E-state index is 12.6. The summed E-state index contributed by atoms with van der Waals surface area (Å²) >= 11 is 0. The first kappa shape index (κ1) is 16.8. The maximum Gasteiger partial charge on any atom is 0.233 e. The van der Waals surface area contributed by atoms with Crippen LogP contribution in [0.3, 0.4) is 0 Å². The van der Waals surface area contributed by atoms with Crippen LogP contribution in [-0.2, 0) is 20.8 Å². The fourth-order valence-electron chi connectivity index (χ4n) is 4.04. The summed E-state index contributed by atoms with van der Waals surface area (Å²) in [5, 5.41) is 0. The number of allylic oxidation sites excluding steroid dienone is 2. The number of hydrogen-bond acceptors (Lipinski definition) is 4. The molecule has 2 aliphatic heterocycles. The van der Waals surface area contributed by atoms with Gasteiger partial charge >= 0.3 is 0 Å². The number of carbonyl (C=O) groups is 3. The third-order valence-electron chi connectivity index (χ3n) is 5.64. The molecule has 2 fully saturated rings. The van der Waals surface area contributed by atoms with Crippen molar-refractivity contribution in [2.24, 2.45) is 11.8 Å². The Labute approximate surface area is 152 Å². The molecule has 136 valence electrons. The average Bonchev–Trinajstić information content (AvgIpc) is 2.87. The molecule has 2 unspecified atom stereocenters. The van der Waals surface area contributed by atoms with Crippen LogP contribution in [0.25, 0.3) is 0 Å². The number of hydrogen-bond donors (Lipinski definition) is 0. The number of imide groups is 1. The lowest BCUT2D eigenvalue weighted by Gasteiger charge is -2.43. The van der Waals surface area contributed by atoms with Gasteiger partial charge < -0.3 is 9.64 Å². The molecule has 3 amide bonds. The first-order chi connectivity index (χ1) is 12.6. The number of benzene rings is 1. The van der Waals surface area contributed by atoms with Crippen LogP contribution < -0.4 is 4.74 Å². The zero-order valence-electron chi connectivity index (χ0n) is 14.8. The van der Waals surface area contributed by atoms with E-state index in [0.29, 0.717) is 32.4 Å². The van der Waals surface area contributed by atoms with E-state index in [1.165, 1.54) is 4.90 Å². The van der Waals surface area contributed by atoms with E-state index in [9.17, 15) is 14.4 Å². The highest BCUT2D eigenvalue weighted by atomic mass is 16.5. The highest BCUT2D eigenvalue weighted by molar-refractivity contribution is 6.06. The molecule has 0 spiro atoms. The molecular weight excluding hydrogens is 332 g/mol. The molecule has 4 rings (SSSR count). The first-order valence-electron chi connectivity index (χ1n) is 9.01. The number of methoxy groups -OCH3 is 1. The van der Waals surface area contributed by atoms with Crippen LogP contribution in [0.15, 0.2) is 36.4 Å². The Bertz CT molecular complexity index is 739. The topological polar surface area (TPSA) is 66.9 Å². The average molecular weight is 354 g/mol. The molecule has 1 aromatic carbocycles. The molecule has 6 heteroatoms. The van der Waals surface area contributed by atoms with Crippen LogP contribution in [0.4, 0.5) is 0 Å². The van der Waals surface area contributed by atoms with Gasteiger partial charge in [-0.25, -0.2) is 0 Å². The van der Waals surface area contributed by atoms with Gasteiger partial charge in [-0.1, -0.05) is 24.3 Å². The predicted octanol–water partition coefficient (Wildman–Crippen LogP) is 1.40. The summed E-state index contributed by atoms with van der Waals surface area (Å²) in [6.07, 6.45) is 5.59.